The Bertz CT molecular complexity index is 1330. The molecule has 0 amide bonds. The van der Waals surface area contributed by atoms with E-state index in [4.69, 9.17) is 14.2 Å². The normalized spacial score (nSPS) is 13.0. The Kier molecular flexibility index (Phi) is 47.5. The summed E-state index contributed by atoms with van der Waals surface area (Å²) >= 11 is 0. The van der Waals surface area contributed by atoms with Gasteiger partial charge in [-0.05, 0) is 96.3 Å². The highest BCUT2D eigenvalue weighted by atomic mass is 16.6. The maximum absolute atomic E-state index is 12.8. The first-order valence-corrected chi connectivity index (χ1v) is 25.4. The molecule has 0 saturated heterocycles. The molecule has 0 fully saturated rings. The van der Waals surface area contributed by atoms with Crippen molar-refractivity contribution in [2.75, 3.05) is 13.2 Å². The number of carbonyl (C=O) groups excluding carboxylic acids is 3. The summed E-state index contributed by atoms with van der Waals surface area (Å²) < 4.78 is 16.7. The number of hydrogen-bond donors (Lipinski definition) is 0. The van der Waals surface area contributed by atoms with E-state index in [1.807, 2.05) is 0 Å². The SMILES string of the molecule is CC/C=C\C/C=C\C/C=C\C/C=C\C/C=C\CCCC(=O)OC[C@@H](COC(=O)CCCCCCCCCCCCCCC)OC(=O)CCCC/C=C\C/C=C\C/C=C\C/C=C\CC. The van der Waals surface area contributed by atoms with E-state index in [-0.39, 0.29) is 44.0 Å². The predicted molar refractivity (Wildman–Crippen MR) is 270 cm³/mol. The highest BCUT2D eigenvalue weighted by Crippen LogP contribution is 2.14. The molecule has 0 aromatic carbocycles. The fraction of sp³-hybridized carbons (Fsp3) is 0.632. The molecule has 0 N–H and O–H groups in total. The van der Waals surface area contributed by atoms with Crippen LogP contribution in [0, 0.1) is 0 Å². The number of rotatable bonds is 44. The molecule has 0 aliphatic heterocycles. The molecule has 6 heteroatoms. The van der Waals surface area contributed by atoms with Crippen LogP contribution in [0.5, 0.6) is 0 Å². The summed E-state index contributed by atoms with van der Waals surface area (Å²) in [4.78, 5) is 37.9. The van der Waals surface area contributed by atoms with Gasteiger partial charge in [0.15, 0.2) is 6.10 Å². The lowest BCUT2D eigenvalue weighted by Crippen LogP contribution is -2.30. The summed E-state index contributed by atoms with van der Waals surface area (Å²) in [5.74, 6) is -1.02. The Labute approximate surface area is 387 Å². The Morgan fingerprint density at radius 1 is 0.333 bits per heavy atom. The fourth-order valence-electron chi connectivity index (χ4n) is 6.53. The van der Waals surface area contributed by atoms with Crippen molar-refractivity contribution in [1.82, 2.24) is 0 Å². The van der Waals surface area contributed by atoms with Gasteiger partial charge >= 0.3 is 17.9 Å². The summed E-state index contributed by atoms with van der Waals surface area (Å²) in [6, 6.07) is 0. The molecular formula is C57H92O6. The average Bonchev–Trinajstić information content (AvgIpc) is 3.28. The molecule has 0 spiro atoms. The maximum Gasteiger partial charge on any atom is 0.306 e. The largest absolute Gasteiger partial charge is 0.462 e. The molecule has 0 aliphatic rings. The van der Waals surface area contributed by atoms with Gasteiger partial charge in [-0.25, -0.2) is 0 Å². The second kappa shape index (κ2) is 50.7. The first kappa shape index (κ1) is 59.1. The topological polar surface area (TPSA) is 78.9 Å². The molecular weight excluding hydrogens is 781 g/mol. The van der Waals surface area contributed by atoms with Crippen LogP contribution in [-0.2, 0) is 28.6 Å². The summed E-state index contributed by atoms with van der Waals surface area (Å²) in [5.41, 5.74) is 0. The Balaban J connectivity index is 4.56. The number of esters is 3. The smallest absolute Gasteiger partial charge is 0.306 e. The standard InChI is InChI=1S/C57H92O6/c1-4-7-10-13-16-19-22-25-27-28-30-32-35-38-41-44-47-50-56(59)62-53-54(52-61-55(58)49-46-43-40-37-34-31-24-21-18-15-12-9-6-3)63-57(60)51-48-45-42-39-36-33-29-26-23-20-17-14-11-8-5-2/h7-8,10-11,16-17,19-20,25-27,29-30,32,36,38-39,41,54H,4-6,9,12-15,18,21-24,28,31,33-35,37,40,42-53H2,1-3H3/b10-7-,11-8-,19-16-,20-17-,27-25-,29-26-,32-30-,39-36-,41-38-/t54-/m1/s1. The fourth-order valence-corrected chi connectivity index (χ4v) is 6.53. The minimum absolute atomic E-state index is 0.113. The van der Waals surface area contributed by atoms with E-state index >= 15 is 0 Å². The minimum Gasteiger partial charge on any atom is -0.462 e. The van der Waals surface area contributed by atoms with E-state index in [2.05, 4.69) is 130 Å². The molecule has 0 aromatic rings. The zero-order valence-corrected chi connectivity index (χ0v) is 40.5. The summed E-state index contributed by atoms with van der Waals surface area (Å²) in [5, 5.41) is 0. The quantitative estimate of drug-likeness (QED) is 0.0263. The lowest BCUT2D eigenvalue weighted by molar-refractivity contribution is -0.167. The van der Waals surface area contributed by atoms with Gasteiger partial charge in [-0.1, -0.05) is 207 Å². The number of hydrogen-bond acceptors (Lipinski definition) is 6. The molecule has 0 radical (unpaired) electrons. The molecule has 6 nitrogen and oxygen atoms in total. The van der Waals surface area contributed by atoms with Crippen LogP contribution >= 0.6 is 0 Å². The summed E-state index contributed by atoms with van der Waals surface area (Å²) in [7, 11) is 0. The molecule has 63 heavy (non-hydrogen) atoms. The second-order valence-corrected chi connectivity index (χ2v) is 16.3. The van der Waals surface area contributed by atoms with E-state index in [1.165, 1.54) is 64.2 Å². The average molecular weight is 873 g/mol. The third kappa shape index (κ3) is 49.0. The van der Waals surface area contributed by atoms with Crippen LogP contribution in [-0.4, -0.2) is 37.2 Å². The monoisotopic (exact) mass is 873 g/mol. The second-order valence-electron chi connectivity index (χ2n) is 16.3. The molecule has 0 rings (SSSR count). The Morgan fingerprint density at radius 2 is 0.635 bits per heavy atom. The number of carbonyl (C=O) groups is 3. The summed E-state index contributed by atoms with van der Waals surface area (Å²) in [6.07, 6.45) is 67.9. The van der Waals surface area contributed by atoms with Gasteiger partial charge in [0.05, 0.1) is 0 Å². The minimum atomic E-state index is -0.822. The molecule has 0 aromatic heterocycles. The van der Waals surface area contributed by atoms with Gasteiger partial charge < -0.3 is 14.2 Å². The van der Waals surface area contributed by atoms with Gasteiger partial charge in [-0.15, -0.1) is 0 Å². The molecule has 0 aliphatic carbocycles. The molecule has 0 unspecified atom stereocenters. The van der Waals surface area contributed by atoms with Crippen molar-refractivity contribution in [3.05, 3.63) is 109 Å². The van der Waals surface area contributed by atoms with E-state index in [1.54, 1.807) is 0 Å². The zero-order chi connectivity index (χ0) is 45.8. The van der Waals surface area contributed by atoms with Crippen molar-refractivity contribution in [2.24, 2.45) is 0 Å². The van der Waals surface area contributed by atoms with E-state index in [9.17, 15) is 14.4 Å². The van der Waals surface area contributed by atoms with Crippen LogP contribution < -0.4 is 0 Å². The van der Waals surface area contributed by atoms with Gasteiger partial charge in [0, 0.05) is 19.3 Å². The number of ether oxygens (including phenoxy) is 3. The Hall–Kier alpha value is -3.93. The zero-order valence-electron chi connectivity index (χ0n) is 40.5. The van der Waals surface area contributed by atoms with Crippen LogP contribution in [0.25, 0.3) is 0 Å². The van der Waals surface area contributed by atoms with Crippen molar-refractivity contribution in [2.45, 2.75) is 219 Å². The van der Waals surface area contributed by atoms with E-state index in [0.29, 0.717) is 19.3 Å². The maximum atomic E-state index is 12.8. The van der Waals surface area contributed by atoms with E-state index in [0.717, 1.165) is 96.3 Å². The molecule has 0 bridgehead atoms. The van der Waals surface area contributed by atoms with Crippen LogP contribution in [0.4, 0.5) is 0 Å². The molecule has 0 saturated carbocycles. The van der Waals surface area contributed by atoms with Crippen LogP contribution in [0.2, 0.25) is 0 Å². The lowest BCUT2D eigenvalue weighted by atomic mass is 10.0. The van der Waals surface area contributed by atoms with Gasteiger partial charge in [-0.3, -0.25) is 14.4 Å². The highest BCUT2D eigenvalue weighted by molar-refractivity contribution is 5.71. The predicted octanol–water partition coefficient (Wildman–Crippen LogP) is 16.8. The molecule has 356 valence electrons. The third-order valence-corrected chi connectivity index (χ3v) is 10.3. The Morgan fingerprint density at radius 3 is 1.03 bits per heavy atom. The van der Waals surface area contributed by atoms with Crippen LogP contribution in [0.3, 0.4) is 0 Å². The van der Waals surface area contributed by atoms with Crippen molar-refractivity contribution in [3.8, 4) is 0 Å². The van der Waals surface area contributed by atoms with Crippen molar-refractivity contribution in [3.63, 3.8) is 0 Å². The first-order valence-electron chi connectivity index (χ1n) is 25.4. The van der Waals surface area contributed by atoms with Crippen molar-refractivity contribution in [1.29, 1.82) is 0 Å². The number of allylic oxidation sites excluding steroid dienone is 18. The van der Waals surface area contributed by atoms with Crippen molar-refractivity contribution >= 4 is 17.9 Å². The van der Waals surface area contributed by atoms with Crippen LogP contribution in [0.15, 0.2) is 109 Å². The van der Waals surface area contributed by atoms with E-state index < -0.39 is 6.10 Å². The summed E-state index contributed by atoms with van der Waals surface area (Å²) in [6.45, 7) is 6.31. The van der Waals surface area contributed by atoms with Gasteiger partial charge in [0.1, 0.15) is 13.2 Å². The third-order valence-electron chi connectivity index (χ3n) is 10.3. The number of unbranched alkanes of at least 4 members (excludes halogenated alkanes) is 15. The van der Waals surface area contributed by atoms with Gasteiger partial charge in [0.25, 0.3) is 0 Å². The first-order chi connectivity index (χ1) is 31.0. The molecule has 1 atom stereocenters. The lowest BCUT2D eigenvalue weighted by Gasteiger charge is -2.18. The molecule has 0 heterocycles. The van der Waals surface area contributed by atoms with Crippen molar-refractivity contribution < 1.29 is 28.6 Å². The highest BCUT2D eigenvalue weighted by Gasteiger charge is 2.19. The van der Waals surface area contributed by atoms with Gasteiger partial charge in [0.2, 0.25) is 0 Å². The van der Waals surface area contributed by atoms with Gasteiger partial charge in [-0.2, -0.15) is 0 Å². The van der Waals surface area contributed by atoms with Crippen LogP contribution in [0.1, 0.15) is 213 Å².